The first-order valence-electron chi connectivity index (χ1n) is 12.3. The van der Waals surface area contributed by atoms with Crippen molar-refractivity contribution in [1.82, 2.24) is 19.2 Å². The average molecular weight is 572 g/mol. The number of amides is 2. The zero-order valence-electron chi connectivity index (χ0n) is 22.6. The third kappa shape index (κ3) is 5.67. The van der Waals surface area contributed by atoms with Crippen molar-refractivity contribution < 1.29 is 22.4 Å². The highest BCUT2D eigenvalue weighted by Gasteiger charge is 2.36. The Bertz CT molecular complexity index is 1650. The van der Waals surface area contributed by atoms with Crippen LogP contribution in [0.15, 0.2) is 41.5 Å². The smallest absolute Gasteiger partial charge is 0.298 e. The molecule has 2 aromatic heterocycles. The fraction of sp³-hybridized carbons (Fsp3) is 0.308. The zero-order valence-corrected chi connectivity index (χ0v) is 23.5. The highest BCUT2D eigenvalue weighted by atomic mass is 32.2. The first kappa shape index (κ1) is 28.7. The van der Waals surface area contributed by atoms with Gasteiger partial charge in [-0.05, 0) is 50.5 Å². The molecule has 0 radical (unpaired) electrons. The first-order chi connectivity index (χ1) is 18.9. The van der Waals surface area contributed by atoms with Crippen LogP contribution in [0.4, 0.5) is 33.0 Å². The molecule has 12 nitrogen and oxygen atoms in total. The van der Waals surface area contributed by atoms with Crippen molar-refractivity contribution in [3.63, 3.8) is 0 Å². The Morgan fingerprint density at radius 2 is 1.90 bits per heavy atom. The molecule has 0 spiro atoms. The molecule has 2 amide bonds. The minimum Gasteiger partial charge on any atom is -0.339 e. The van der Waals surface area contributed by atoms with Gasteiger partial charge in [0.1, 0.15) is 17.2 Å². The number of nitrogens with zero attached hydrogens (tertiary/aromatic N) is 4. The van der Waals surface area contributed by atoms with Crippen molar-refractivity contribution >= 4 is 51.1 Å². The van der Waals surface area contributed by atoms with Gasteiger partial charge in [0.25, 0.3) is 21.7 Å². The highest BCUT2D eigenvalue weighted by Crippen LogP contribution is 2.38. The molecular formula is C26H30FN7O5S. The second kappa shape index (κ2) is 11.1. The maximum Gasteiger partial charge on any atom is 0.298 e. The van der Waals surface area contributed by atoms with Crippen molar-refractivity contribution in [2.45, 2.75) is 32.7 Å². The van der Waals surface area contributed by atoms with Gasteiger partial charge in [0.05, 0.1) is 35.1 Å². The molecule has 1 saturated carbocycles. The van der Waals surface area contributed by atoms with E-state index in [1.165, 1.54) is 61.1 Å². The number of halogens is 1. The summed E-state index contributed by atoms with van der Waals surface area (Å²) < 4.78 is 44.5. The molecule has 1 aromatic carbocycles. The molecule has 4 rings (SSSR count). The zero-order chi connectivity index (χ0) is 29.4. The number of pyridine rings is 2. The first-order valence-corrected chi connectivity index (χ1v) is 13.8. The predicted molar refractivity (Wildman–Crippen MR) is 150 cm³/mol. The largest absolute Gasteiger partial charge is 0.339 e. The third-order valence-corrected chi connectivity index (χ3v) is 7.71. The van der Waals surface area contributed by atoms with Crippen LogP contribution in [0, 0.1) is 19.7 Å². The van der Waals surface area contributed by atoms with Crippen LogP contribution in [-0.4, -0.2) is 55.3 Å². The van der Waals surface area contributed by atoms with Crippen LogP contribution in [0.25, 0.3) is 0 Å². The quantitative estimate of drug-likeness (QED) is 0.317. The number of carbonyl (C=O) groups excluding carboxylic acids is 2. The summed E-state index contributed by atoms with van der Waals surface area (Å²) in [6.07, 6.45) is 4.52. The Labute approximate surface area is 231 Å². The van der Waals surface area contributed by atoms with E-state index < -0.39 is 27.5 Å². The molecule has 3 aromatic rings. The van der Waals surface area contributed by atoms with Crippen LogP contribution in [-0.2, 0) is 22.1 Å². The van der Waals surface area contributed by atoms with Crippen LogP contribution in [0.5, 0.6) is 0 Å². The maximum absolute atomic E-state index is 14.9. The molecule has 2 heterocycles. The van der Waals surface area contributed by atoms with Gasteiger partial charge in [0, 0.05) is 32.7 Å². The minimum atomic E-state index is -3.90. The predicted octanol–water partition coefficient (Wildman–Crippen LogP) is 2.68. The van der Waals surface area contributed by atoms with E-state index in [-0.39, 0.29) is 45.7 Å². The molecule has 40 heavy (non-hydrogen) atoms. The van der Waals surface area contributed by atoms with Crippen LogP contribution in [0.1, 0.15) is 34.3 Å². The molecule has 1 aliphatic rings. The third-order valence-electron chi connectivity index (χ3n) is 6.67. The summed E-state index contributed by atoms with van der Waals surface area (Å²) in [6.45, 7) is 3.20. The number of hydrogen-bond donors (Lipinski definition) is 3. The maximum atomic E-state index is 14.9. The summed E-state index contributed by atoms with van der Waals surface area (Å²) in [6, 6.07) is 5.80. The fourth-order valence-electron chi connectivity index (χ4n) is 4.29. The van der Waals surface area contributed by atoms with E-state index in [0.29, 0.717) is 12.0 Å². The Kier molecular flexibility index (Phi) is 7.93. The molecule has 212 valence electrons. The van der Waals surface area contributed by atoms with E-state index in [1.54, 1.807) is 20.0 Å². The van der Waals surface area contributed by atoms with Gasteiger partial charge < -0.3 is 10.2 Å². The molecule has 1 fully saturated rings. The number of rotatable bonds is 10. The molecule has 1 aliphatic carbocycles. The summed E-state index contributed by atoms with van der Waals surface area (Å²) in [4.78, 5) is 46.6. The lowest BCUT2D eigenvalue weighted by Gasteiger charge is -2.28. The van der Waals surface area contributed by atoms with E-state index in [0.717, 1.165) is 17.7 Å². The second-order valence-corrected chi connectivity index (χ2v) is 11.2. The van der Waals surface area contributed by atoms with Gasteiger partial charge in [0.2, 0.25) is 6.41 Å². The van der Waals surface area contributed by atoms with Crippen molar-refractivity contribution in [1.29, 1.82) is 0 Å². The average Bonchev–Trinajstić information content (AvgIpc) is 3.76. The second-order valence-electron chi connectivity index (χ2n) is 9.53. The number of anilines is 5. The number of nitrogens with one attached hydrogen (secondary N) is 3. The molecular weight excluding hydrogens is 541 g/mol. The molecule has 0 unspecified atom stereocenters. The lowest BCUT2D eigenvalue weighted by atomic mass is 10.1. The minimum absolute atomic E-state index is 0.0160. The van der Waals surface area contributed by atoms with E-state index in [1.807, 2.05) is 0 Å². The molecule has 0 bridgehead atoms. The summed E-state index contributed by atoms with van der Waals surface area (Å²) in [5.74, 6) is -1.10. The van der Waals surface area contributed by atoms with Gasteiger partial charge >= 0.3 is 0 Å². The van der Waals surface area contributed by atoms with Crippen LogP contribution in [0.3, 0.4) is 0 Å². The molecule has 0 aliphatic heterocycles. The normalized spacial score (nSPS) is 13.1. The number of aromatic nitrogens is 2. The molecule has 0 atom stereocenters. The summed E-state index contributed by atoms with van der Waals surface area (Å²) >= 11 is 0. The van der Waals surface area contributed by atoms with Gasteiger partial charge in [-0.15, -0.1) is 0 Å². The highest BCUT2D eigenvalue weighted by molar-refractivity contribution is 7.90. The van der Waals surface area contributed by atoms with Crippen molar-refractivity contribution in [3.8, 4) is 0 Å². The van der Waals surface area contributed by atoms with Gasteiger partial charge in [-0.1, -0.05) is 6.07 Å². The van der Waals surface area contributed by atoms with Gasteiger partial charge in [-0.3, -0.25) is 33.6 Å². The van der Waals surface area contributed by atoms with Gasteiger partial charge in [-0.25, -0.2) is 9.11 Å². The van der Waals surface area contributed by atoms with Crippen LogP contribution in [0.2, 0.25) is 0 Å². The lowest BCUT2D eigenvalue weighted by molar-refractivity contribution is -0.106. The molecule has 14 heteroatoms. The van der Waals surface area contributed by atoms with Gasteiger partial charge in [-0.2, -0.15) is 8.42 Å². The van der Waals surface area contributed by atoms with E-state index in [2.05, 4.69) is 19.7 Å². The van der Waals surface area contributed by atoms with Crippen LogP contribution < -0.4 is 25.2 Å². The number of aryl methyl sites for hydroxylation is 1. The van der Waals surface area contributed by atoms with E-state index in [9.17, 15) is 27.2 Å². The van der Waals surface area contributed by atoms with E-state index in [4.69, 9.17) is 0 Å². The van der Waals surface area contributed by atoms with Gasteiger partial charge in [0.15, 0.2) is 0 Å². The lowest BCUT2D eigenvalue weighted by Crippen LogP contribution is -2.35. The van der Waals surface area contributed by atoms with Crippen molar-refractivity contribution in [2.75, 3.05) is 29.0 Å². The monoisotopic (exact) mass is 571 g/mol. The summed E-state index contributed by atoms with van der Waals surface area (Å²) in [7, 11) is 0.396. The number of carbonyl (C=O) groups is 2. The topological polar surface area (TPSA) is 146 Å². The van der Waals surface area contributed by atoms with Crippen molar-refractivity contribution in [3.05, 3.63) is 69.5 Å². The fourth-order valence-corrected chi connectivity index (χ4v) is 4.81. The van der Waals surface area contributed by atoms with E-state index >= 15 is 0 Å². The van der Waals surface area contributed by atoms with Crippen molar-refractivity contribution in [2.24, 2.45) is 7.05 Å². The number of benzene rings is 1. The molecule has 3 N–H and O–H groups in total. The van der Waals surface area contributed by atoms with Crippen LogP contribution >= 0.6 is 0 Å². The molecule has 0 saturated heterocycles. The Balaban J connectivity index is 1.97. The SMILES string of the molecule is CNS(=O)(=O)Nc1cncc(N(C=O)c2c(C(=O)N(C)C3CC3)c(Nc3ccc(C)cc3F)n(C)c(=O)c2C)c1. The summed E-state index contributed by atoms with van der Waals surface area (Å²) in [5.41, 5.74) is 0.270. The Morgan fingerprint density at radius 1 is 1.20 bits per heavy atom. The number of hydrogen-bond acceptors (Lipinski definition) is 7. The Morgan fingerprint density at radius 3 is 2.50 bits per heavy atom. The summed E-state index contributed by atoms with van der Waals surface area (Å²) in [5, 5.41) is 2.90. The Hall–Kier alpha value is -4.30. The standard InChI is InChI=1S/C26H30FN7O5S/c1-15-6-9-21(20(27)10-15)30-24-22(26(37)32(4)18-7-8-18)23(16(2)25(36)33(24)5)34(14-35)19-11-17(12-29-13-19)31-40(38,39)28-3/h6,9-14,18,28,30-31H,7-8H2,1-5H3.